The number of hydrogen-bond donors (Lipinski definition) is 2. The van der Waals surface area contributed by atoms with Crippen molar-refractivity contribution in [2.45, 2.75) is 13.0 Å². The zero-order chi connectivity index (χ0) is 15.8. The topological polar surface area (TPSA) is 49.3 Å². The quantitative estimate of drug-likeness (QED) is 0.305. The van der Waals surface area contributed by atoms with Crippen molar-refractivity contribution in [2.75, 3.05) is 13.6 Å². The van der Waals surface area contributed by atoms with Gasteiger partial charge in [-0.15, -0.1) is 24.0 Å². The molecule has 0 bridgehead atoms. The third kappa shape index (κ3) is 7.37. The third-order valence-electron chi connectivity index (χ3n) is 3.09. The Morgan fingerprint density at radius 1 is 1.04 bits per heavy atom. The van der Waals surface area contributed by atoms with Crippen molar-refractivity contribution in [3.63, 3.8) is 0 Å². The molecule has 0 radical (unpaired) electrons. The largest absolute Gasteiger partial charge is 0.356 e. The summed E-state index contributed by atoms with van der Waals surface area (Å²) in [5.74, 6) is 0.754. The molecule has 1 heterocycles. The molecule has 0 atom stereocenters. The van der Waals surface area contributed by atoms with E-state index in [4.69, 9.17) is 23.2 Å². The summed E-state index contributed by atoms with van der Waals surface area (Å²) in [7, 11) is 1.75. The van der Waals surface area contributed by atoms with Crippen LogP contribution in [-0.2, 0) is 13.0 Å². The Hall–Kier alpha value is -1.05. The Balaban J connectivity index is 0.00000264. The van der Waals surface area contributed by atoms with Crippen molar-refractivity contribution in [1.82, 2.24) is 15.6 Å². The first-order valence-electron chi connectivity index (χ1n) is 6.97. The van der Waals surface area contributed by atoms with Crippen LogP contribution in [-0.4, -0.2) is 24.5 Å². The maximum atomic E-state index is 5.87. The number of rotatable bonds is 5. The van der Waals surface area contributed by atoms with Crippen LogP contribution in [0.5, 0.6) is 0 Å². The standard InChI is InChI=1S/C16H18Cl2N4.HI/c1-19-16(22-11-13-4-7-15(18)21-10-13)20-9-8-12-2-5-14(17)6-3-12;/h2-7,10H,8-9,11H2,1H3,(H2,19,20,22);1H. The van der Waals surface area contributed by atoms with Crippen molar-refractivity contribution >= 4 is 53.1 Å². The molecular formula is C16H19Cl2IN4. The van der Waals surface area contributed by atoms with E-state index in [9.17, 15) is 0 Å². The van der Waals surface area contributed by atoms with Crippen molar-refractivity contribution < 1.29 is 0 Å². The average Bonchev–Trinajstić information content (AvgIpc) is 2.54. The number of guanidine groups is 1. The van der Waals surface area contributed by atoms with Gasteiger partial charge in [-0.3, -0.25) is 4.99 Å². The van der Waals surface area contributed by atoms with Gasteiger partial charge in [0.25, 0.3) is 0 Å². The van der Waals surface area contributed by atoms with E-state index in [-0.39, 0.29) is 24.0 Å². The SMILES string of the molecule is CN=C(NCCc1ccc(Cl)cc1)NCc1ccc(Cl)nc1.I. The summed E-state index contributed by atoms with van der Waals surface area (Å²) in [6, 6.07) is 11.6. The van der Waals surface area contributed by atoms with Crippen molar-refractivity contribution in [2.24, 2.45) is 4.99 Å². The van der Waals surface area contributed by atoms with E-state index in [0.29, 0.717) is 11.7 Å². The molecule has 23 heavy (non-hydrogen) atoms. The smallest absolute Gasteiger partial charge is 0.191 e. The number of pyridine rings is 1. The number of aromatic nitrogens is 1. The second-order valence-electron chi connectivity index (χ2n) is 4.72. The van der Waals surface area contributed by atoms with Gasteiger partial charge in [-0.25, -0.2) is 4.98 Å². The van der Waals surface area contributed by atoms with Gasteiger partial charge in [-0.1, -0.05) is 41.4 Å². The van der Waals surface area contributed by atoms with Gasteiger partial charge in [-0.05, 0) is 35.7 Å². The lowest BCUT2D eigenvalue weighted by molar-refractivity contribution is 0.793. The highest BCUT2D eigenvalue weighted by molar-refractivity contribution is 14.0. The molecule has 1 aromatic heterocycles. The maximum Gasteiger partial charge on any atom is 0.191 e. The number of hydrogen-bond acceptors (Lipinski definition) is 2. The molecule has 2 N–H and O–H groups in total. The minimum absolute atomic E-state index is 0. The van der Waals surface area contributed by atoms with E-state index in [1.54, 1.807) is 19.3 Å². The number of benzene rings is 1. The van der Waals surface area contributed by atoms with Crippen LogP contribution in [0.25, 0.3) is 0 Å². The van der Waals surface area contributed by atoms with Gasteiger partial charge in [0.2, 0.25) is 0 Å². The van der Waals surface area contributed by atoms with Crippen LogP contribution in [0.3, 0.4) is 0 Å². The zero-order valence-corrected chi connectivity index (χ0v) is 16.6. The summed E-state index contributed by atoms with van der Waals surface area (Å²) >= 11 is 11.6. The maximum absolute atomic E-state index is 5.87. The normalized spacial score (nSPS) is 10.8. The number of nitrogens with zero attached hydrogens (tertiary/aromatic N) is 2. The van der Waals surface area contributed by atoms with Crippen molar-refractivity contribution in [1.29, 1.82) is 0 Å². The molecule has 0 amide bonds. The van der Waals surface area contributed by atoms with Crippen molar-refractivity contribution in [3.05, 3.63) is 63.9 Å². The summed E-state index contributed by atoms with van der Waals surface area (Å²) < 4.78 is 0. The fourth-order valence-electron chi connectivity index (χ4n) is 1.89. The monoisotopic (exact) mass is 464 g/mol. The highest BCUT2D eigenvalue weighted by Gasteiger charge is 1.99. The third-order valence-corrected chi connectivity index (χ3v) is 3.57. The fourth-order valence-corrected chi connectivity index (χ4v) is 2.13. The molecule has 0 saturated heterocycles. The number of nitrogens with one attached hydrogen (secondary N) is 2. The van der Waals surface area contributed by atoms with Crippen LogP contribution in [0.4, 0.5) is 0 Å². The molecule has 0 fully saturated rings. The first kappa shape index (κ1) is 20.0. The summed E-state index contributed by atoms with van der Waals surface area (Å²) in [5.41, 5.74) is 2.28. The van der Waals surface area contributed by atoms with E-state index in [1.165, 1.54) is 5.56 Å². The van der Waals surface area contributed by atoms with Gasteiger partial charge in [0.1, 0.15) is 5.15 Å². The molecule has 0 saturated carbocycles. The Kier molecular flexibility index (Phi) is 9.28. The molecule has 2 rings (SSSR count). The molecule has 4 nitrogen and oxygen atoms in total. The average molecular weight is 465 g/mol. The Morgan fingerprint density at radius 3 is 2.35 bits per heavy atom. The lowest BCUT2D eigenvalue weighted by Crippen LogP contribution is -2.37. The summed E-state index contributed by atoms with van der Waals surface area (Å²) in [6.45, 7) is 1.44. The van der Waals surface area contributed by atoms with Gasteiger partial charge in [0.15, 0.2) is 5.96 Å². The lowest BCUT2D eigenvalue weighted by atomic mass is 10.1. The van der Waals surface area contributed by atoms with E-state index in [1.807, 2.05) is 30.3 Å². The molecular weight excluding hydrogens is 446 g/mol. The summed E-state index contributed by atoms with van der Waals surface area (Å²) in [5, 5.41) is 7.76. The molecule has 0 aliphatic carbocycles. The minimum atomic E-state index is 0. The first-order chi connectivity index (χ1) is 10.7. The Bertz CT molecular complexity index is 615. The van der Waals surface area contributed by atoms with E-state index in [0.717, 1.165) is 29.5 Å². The molecule has 0 spiro atoms. The second kappa shape index (κ2) is 10.7. The van der Waals surface area contributed by atoms with Crippen LogP contribution in [0.15, 0.2) is 47.6 Å². The Morgan fingerprint density at radius 2 is 1.74 bits per heavy atom. The predicted octanol–water partition coefficient (Wildman–Crippen LogP) is 3.91. The van der Waals surface area contributed by atoms with E-state index in [2.05, 4.69) is 20.6 Å². The van der Waals surface area contributed by atoms with Gasteiger partial charge in [0, 0.05) is 31.4 Å². The molecule has 2 aromatic rings. The molecule has 0 aliphatic rings. The molecule has 0 unspecified atom stereocenters. The van der Waals surface area contributed by atoms with Crippen LogP contribution in [0.2, 0.25) is 10.2 Å². The van der Waals surface area contributed by atoms with Crippen LogP contribution >= 0.6 is 47.2 Å². The first-order valence-corrected chi connectivity index (χ1v) is 7.72. The van der Waals surface area contributed by atoms with Gasteiger partial charge >= 0.3 is 0 Å². The van der Waals surface area contributed by atoms with Gasteiger partial charge < -0.3 is 10.6 Å². The van der Waals surface area contributed by atoms with Gasteiger partial charge in [-0.2, -0.15) is 0 Å². The molecule has 124 valence electrons. The zero-order valence-electron chi connectivity index (χ0n) is 12.7. The van der Waals surface area contributed by atoms with Gasteiger partial charge in [0.05, 0.1) is 0 Å². The molecule has 1 aromatic carbocycles. The number of aliphatic imine (C=N–C) groups is 1. The fraction of sp³-hybridized carbons (Fsp3) is 0.250. The lowest BCUT2D eigenvalue weighted by Gasteiger charge is -2.12. The highest BCUT2D eigenvalue weighted by atomic mass is 127. The van der Waals surface area contributed by atoms with Crippen LogP contribution in [0.1, 0.15) is 11.1 Å². The van der Waals surface area contributed by atoms with Crippen molar-refractivity contribution in [3.8, 4) is 0 Å². The second-order valence-corrected chi connectivity index (χ2v) is 5.54. The molecule has 7 heteroatoms. The summed E-state index contributed by atoms with van der Waals surface area (Å²) in [4.78, 5) is 8.24. The summed E-state index contributed by atoms with van der Waals surface area (Å²) in [6.07, 6.45) is 2.65. The number of halogens is 3. The van der Waals surface area contributed by atoms with Crippen LogP contribution < -0.4 is 10.6 Å². The highest BCUT2D eigenvalue weighted by Crippen LogP contribution is 2.09. The van der Waals surface area contributed by atoms with E-state index < -0.39 is 0 Å². The predicted molar refractivity (Wildman–Crippen MR) is 108 cm³/mol. The molecule has 0 aliphatic heterocycles. The Labute approximate surface area is 163 Å². The van der Waals surface area contributed by atoms with Crippen LogP contribution in [0, 0.1) is 0 Å². The van der Waals surface area contributed by atoms with E-state index >= 15 is 0 Å². The minimum Gasteiger partial charge on any atom is -0.356 e.